The van der Waals surface area contributed by atoms with Gasteiger partial charge in [0, 0.05) is 3.57 Å². The molecule has 0 aromatic heterocycles. The molecule has 0 aliphatic carbocycles. The first-order chi connectivity index (χ1) is 9.73. The summed E-state index contributed by atoms with van der Waals surface area (Å²) >= 11 is 1.84. The fourth-order valence-corrected chi connectivity index (χ4v) is 2.38. The van der Waals surface area contributed by atoms with E-state index in [1.165, 1.54) is 16.9 Å². The molecule has 0 amide bonds. The number of hydrogen-bond donors (Lipinski definition) is 1. The number of anilines is 1. The van der Waals surface area contributed by atoms with Crippen LogP contribution in [0.1, 0.15) is 31.1 Å². The Morgan fingerprint density at radius 1 is 1.23 bits per heavy atom. The topological polar surface area (TPSA) is 72.5 Å². The lowest BCUT2D eigenvalue weighted by atomic mass is 10.1. The van der Waals surface area contributed by atoms with Crippen LogP contribution in [-0.2, 0) is 14.8 Å². The molecular weight excluding hydrogens is 438 g/mol. The molecule has 0 atom stereocenters. The molecule has 22 heavy (non-hydrogen) atoms. The van der Waals surface area contributed by atoms with Gasteiger partial charge in [0.15, 0.2) is 0 Å². The zero-order valence-corrected chi connectivity index (χ0v) is 14.8. The number of carbonyl (C=O) groups is 1. The Bertz CT molecular complexity index is 681. The molecule has 0 aliphatic heterocycles. The molecule has 0 bridgehead atoms. The van der Waals surface area contributed by atoms with Gasteiger partial charge in [-0.25, -0.2) is 4.79 Å². The Labute approximate surface area is 139 Å². The van der Waals surface area contributed by atoms with Gasteiger partial charge in [-0.3, -0.25) is 4.72 Å². The summed E-state index contributed by atoms with van der Waals surface area (Å²) < 4.78 is 66.6. The van der Waals surface area contributed by atoms with Gasteiger partial charge in [0.05, 0.1) is 11.3 Å². The molecule has 1 rings (SSSR count). The number of sulfonamides is 1. The van der Waals surface area contributed by atoms with Gasteiger partial charge in [-0.15, -0.1) is 0 Å². The molecule has 0 saturated heterocycles. The van der Waals surface area contributed by atoms with Gasteiger partial charge < -0.3 is 4.74 Å². The molecule has 0 heterocycles. The minimum absolute atomic E-state index is 0.297. The van der Waals surface area contributed by atoms with Crippen molar-refractivity contribution in [2.75, 3.05) is 4.72 Å². The maximum Gasteiger partial charge on any atom is 0.516 e. The van der Waals surface area contributed by atoms with Gasteiger partial charge in [-0.05, 0) is 61.6 Å². The number of esters is 1. The monoisotopic (exact) mass is 451 g/mol. The van der Waals surface area contributed by atoms with E-state index in [0.717, 1.165) is 6.07 Å². The normalized spacial score (nSPS) is 12.9. The van der Waals surface area contributed by atoms with Crippen LogP contribution in [0, 0.1) is 3.57 Å². The minimum Gasteiger partial charge on any atom is -0.456 e. The average molecular weight is 451 g/mol. The van der Waals surface area contributed by atoms with E-state index < -0.39 is 32.8 Å². The van der Waals surface area contributed by atoms with Crippen molar-refractivity contribution in [3.8, 4) is 0 Å². The van der Waals surface area contributed by atoms with Crippen LogP contribution in [0.25, 0.3) is 0 Å². The van der Waals surface area contributed by atoms with Crippen molar-refractivity contribution < 1.29 is 31.1 Å². The zero-order chi connectivity index (χ0) is 17.3. The molecule has 1 N–H and O–H groups in total. The molecule has 0 spiro atoms. The van der Waals surface area contributed by atoms with Crippen molar-refractivity contribution in [2.24, 2.45) is 0 Å². The molecule has 0 radical (unpaired) electrons. The molecule has 124 valence electrons. The third-order valence-electron chi connectivity index (χ3n) is 2.15. The summed E-state index contributed by atoms with van der Waals surface area (Å²) in [5.41, 5.74) is -7.15. The van der Waals surface area contributed by atoms with Crippen LogP contribution in [0.15, 0.2) is 18.2 Å². The van der Waals surface area contributed by atoms with Crippen LogP contribution in [0.4, 0.5) is 18.9 Å². The Hall–Kier alpha value is -1.04. The van der Waals surface area contributed by atoms with Gasteiger partial charge in [-0.1, -0.05) is 0 Å². The highest BCUT2D eigenvalue weighted by Gasteiger charge is 2.46. The van der Waals surface area contributed by atoms with E-state index in [9.17, 15) is 26.4 Å². The molecule has 1 aromatic carbocycles. The highest BCUT2D eigenvalue weighted by Crippen LogP contribution is 2.28. The standard InChI is InChI=1S/C12H13F3INO4S/c1-11(2,3)21-10(18)8-6-7(16)4-5-9(8)17-22(19,20)12(13,14)15/h4-6,17H,1-3H3. The Kier molecular flexibility index (Phi) is 5.38. The molecule has 1 aromatic rings. The summed E-state index contributed by atoms with van der Waals surface area (Å²) in [5.74, 6) is -0.925. The molecule has 0 unspecified atom stereocenters. The minimum atomic E-state index is -5.62. The average Bonchev–Trinajstić information content (AvgIpc) is 2.27. The number of nitrogens with one attached hydrogen (secondary N) is 1. The second-order valence-corrected chi connectivity index (χ2v) is 8.16. The molecule has 0 aliphatic rings. The third-order valence-corrected chi connectivity index (χ3v) is 3.92. The fourth-order valence-electron chi connectivity index (χ4n) is 1.31. The first kappa shape index (κ1) is 19.0. The van der Waals surface area contributed by atoms with Gasteiger partial charge in [-0.2, -0.15) is 21.6 Å². The van der Waals surface area contributed by atoms with E-state index in [4.69, 9.17) is 4.74 Å². The maximum absolute atomic E-state index is 12.4. The van der Waals surface area contributed by atoms with E-state index in [-0.39, 0.29) is 5.56 Å². The van der Waals surface area contributed by atoms with E-state index in [1.54, 1.807) is 20.8 Å². The lowest BCUT2D eigenvalue weighted by molar-refractivity contribution is -0.0429. The smallest absolute Gasteiger partial charge is 0.456 e. The number of hydrogen-bond acceptors (Lipinski definition) is 4. The summed E-state index contributed by atoms with van der Waals surface area (Å²) in [6.07, 6.45) is 0. The second-order valence-electron chi connectivity index (χ2n) is 5.24. The Morgan fingerprint density at radius 3 is 2.23 bits per heavy atom. The Morgan fingerprint density at radius 2 is 1.77 bits per heavy atom. The quantitative estimate of drug-likeness (QED) is 0.564. The maximum atomic E-state index is 12.4. The fraction of sp³-hybridized carbons (Fsp3) is 0.417. The lowest BCUT2D eigenvalue weighted by Gasteiger charge is -2.21. The third kappa shape index (κ3) is 5.00. The van der Waals surface area contributed by atoms with Crippen LogP contribution in [0.2, 0.25) is 0 Å². The summed E-state index contributed by atoms with van der Waals surface area (Å²) in [5, 5.41) is 0. The number of benzene rings is 1. The van der Waals surface area contributed by atoms with Crippen LogP contribution < -0.4 is 4.72 Å². The van der Waals surface area contributed by atoms with Crippen molar-refractivity contribution in [1.29, 1.82) is 0 Å². The summed E-state index contributed by atoms with van der Waals surface area (Å²) in [6.45, 7) is 4.75. The van der Waals surface area contributed by atoms with E-state index >= 15 is 0 Å². The van der Waals surface area contributed by atoms with Crippen LogP contribution in [0.3, 0.4) is 0 Å². The summed E-state index contributed by atoms with van der Waals surface area (Å²) in [7, 11) is -5.62. The van der Waals surface area contributed by atoms with E-state index in [0.29, 0.717) is 3.57 Å². The highest BCUT2D eigenvalue weighted by atomic mass is 127. The first-order valence-electron chi connectivity index (χ1n) is 5.85. The van der Waals surface area contributed by atoms with Crippen molar-refractivity contribution in [3.05, 3.63) is 27.3 Å². The molecular formula is C12H13F3INO4S. The largest absolute Gasteiger partial charge is 0.516 e. The van der Waals surface area contributed by atoms with Gasteiger partial charge >= 0.3 is 21.5 Å². The summed E-state index contributed by atoms with van der Waals surface area (Å²) in [6, 6.07) is 3.68. The number of halogens is 4. The van der Waals surface area contributed by atoms with Crippen molar-refractivity contribution in [1.82, 2.24) is 0 Å². The number of carbonyl (C=O) groups excluding carboxylic acids is 1. The van der Waals surface area contributed by atoms with Crippen LogP contribution in [0.5, 0.6) is 0 Å². The number of alkyl halides is 3. The van der Waals surface area contributed by atoms with Gasteiger partial charge in [0.1, 0.15) is 5.60 Å². The van der Waals surface area contributed by atoms with E-state index in [2.05, 4.69) is 0 Å². The van der Waals surface area contributed by atoms with Crippen molar-refractivity contribution in [2.45, 2.75) is 31.9 Å². The predicted octanol–water partition coefficient (Wildman–Crippen LogP) is 3.51. The van der Waals surface area contributed by atoms with Crippen LogP contribution in [-0.4, -0.2) is 25.5 Å². The van der Waals surface area contributed by atoms with Crippen LogP contribution >= 0.6 is 22.6 Å². The highest BCUT2D eigenvalue weighted by molar-refractivity contribution is 14.1. The molecule has 0 fully saturated rings. The van der Waals surface area contributed by atoms with Crippen molar-refractivity contribution >= 4 is 44.3 Å². The number of ether oxygens (including phenoxy) is 1. The molecule has 0 saturated carbocycles. The van der Waals surface area contributed by atoms with Gasteiger partial charge in [0.25, 0.3) is 0 Å². The molecule has 10 heteroatoms. The van der Waals surface area contributed by atoms with E-state index in [1.807, 2.05) is 22.6 Å². The number of rotatable bonds is 3. The second kappa shape index (κ2) is 6.22. The van der Waals surface area contributed by atoms with Crippen molar-refractivity contribution in [3.63, 3.8) is 0 Å². The predicted molar refractivity (Wildman–Crippen MR) is 82.9 cm³/mol. The van der Waals surface area contributed by atoms with Gasteiger partial charge in [0.2, 0.25) is 0 Å². The SMILES string of the molecule is CC(C)(C)OC(=O)c1cc(I)ccc1NS(=O)(=O)C(F)(F)F. The summed E-state index contributed by atoms with van der Waals surface area (Å²) in [4.78, 5) is 12.0. The molecule has 5 nitrogen and oxygen atoms in total. The Balaban J connectivity index is 3.26. The lowest BCUT2D eigenvalue weighted by Crippen LogP contribution is -2.31. The first-order valence-corrected chi connectivity index (χ1v) is 8.41. The zero-order valence-electron chi connectivity index (χ0n) is 11.8.